The largest absolute Gasteiger partial charge is 0.399 e. The Bertz CT molecular complexity index is 835. The first kappa shape index (κ1) is 17.0. The number of benzene rings is 2. The van der Waals surface area contributed by atoms with E-state index in [0.29, 0.717) is 11.4 Å². The molecule has 1 unspecified atom stereocenters. The minimum Gasteiger partial charge on any atom is -0.399 e. The summed E-state index contributed by atoms with van der Waals surface area (Å²) in [6.45, 7) is 1.35. The number of carbonyl (C=O) groups excluding carboxylic acids is 2. The summed E-state index contributed by atoms with van der Waals surface area (Å²) >= 11 is 0. The maximum absolute atomic E-state index is 14.1. The molecule has 0 radical (unpaired) electrons. The molecule has 1 aliphatic carbocycles. The maximum atomic E-state index is 14.1. The molecule has 5 nitrogen and oxygen atoms in total. The molecule has 6 heteroatoms. The summed E-state index contributed by atoms with van der Waals surface area (Å²) < 4.78 is 14.1. The molecule has 0 bridgehead atoms. The molecule has 0 aliphatic heterocycles. The van der Waals surface area contributed by atoms with E-state index < -0.39 is 11.7 Å². The highest BCUT2D eigenvalue weighted by Crippen LogP contribution is 2.31. The zero-order valence-electron chi connectivity index (χ0n) is 13.9. The van der Waals surface area contributed by atoms with Crippen molar-refractivity contribution in [1.82, 2.24) is 5.32 Å². The van der Waals surface area contributed by atoms with Gasteiger partial charge in [0, 0.05) is 18.3 Å². The Labute approximate surface area is 145 Å². The van der Waals surface area contributed by atoms with Crippen molar-refractivity contribution in [3.05, 3.63) is 58.9 Å². The number of nitrogens with one attached hydrogen (secondary N) is 2. The number of rotatable bonds is 3. The predicted molar refractivity (Wildman–Crippen MR) is 94.7 cm³/mol. The number of nitrogen functional groups attached to an aromatic ring is 1. The van der Waals surface area contributed by atoms with Crippen LogP contribution < -0.4 is 16.4 Å². The second-order valence-corrected chi connectivity index (χ2v) is 6.25. The zero-order chi connectivity index (χ0) is 18.0. The fourth-order valence-electron chi connectivity index (χ4n) is 3.20. The summed E-state index contributed by atoms with van der Waals surface area (Å²) in [6, 6.07) is 9.41. The van der Waals surface area contributed by atoms with E-state index in [2.05, 4.69) is 10.6 Å². The standard InChI is InChI=1S/C19H20FN3O2/c1-11(24)22-14-6-8-17(20)16(10-14)19(25)23-18-4-2-3-12-9-13(21)5-7-15(12)18/h5-10,18H,2-4,21H2,1H3,(H,22,24)(H,23,25). The van der Waals surface area contributed by atoms with Crippen molar-refractivity contribution in [1.29, 1.82) is 0 Å². The minimum atomic E-state index is -0.625. The van der Waals surface area contributed by atoms with Gasteiger partial charge in [-0.25, -0.2) is 4.39 Å². The summed E-state index contributed by atoms with van der Waals surface area (Å²) in [5.41, 5.74) is 8.95. The Morgan fingerprint density at radius 1 is 1.20 bits per heavy atom. The van der Waals surface area contributed by atoms with E-state index in [1.807, 2.05) is 12.1 Å². The lowest BCUT2D eigenvalue weighted by molar-refractivity contribution is -0.114. The monoisotopic (exact) mass is 341 g/mol. The van der Waals surface area contributed by atoms with Gasteiger partial charge in [0.15, 0.2) is 0 Å². The van der Waals surface area contributed by atoms with Crippen LogP contribution in [-0.2, 0) is 11.2 Å². The van der Waals surface area contributed by atoms with Gasteiger partial charge in [0.2, 0.25) is 5.91 Å². The number of halogens is 1. The number of hydrogen-bond donors (Lipinski definition) is 3. The highest BCUT2D eigenvalue weighted by molar-refractivity contribution is 5.97. The molecular weight excluding hydrogens is 321 g/mol. The van der Waals surface area contributed by atoms with Gasteiger partial charge in [0.25, 0.3) is 5.91 Å². The maximum Gasteiger partial charge on any atom is 0.254 e. The summed E-state index contributed by atoms with van der Waals surface area (Å²) in [5, 5.41) is 5.45. The van der Waals surface area contributed by atoms with Gasteiger partial charge in [0.05, 0.1) is 11.6 Å². The van der Waals surface area contributed by atoms with Crippen LogP contribution >= 0.6 is 0 Å². The molecule has 2 aromatic rings. The summed E-state index contributed by atoms with van der Waals surface area (Å²) in [7, 11) is 0. The van der Waals surface area contributed by atoms with Crippen LogP contribution in [0, 0.1) is 5.82 Å². The molecule has 0 saturated heterocycles. The van der Waals surface area contributed by atoms with Gasteiger partial charge in [-0.1, -0.05) is 6.07 Å². The SMILES string of the molecule is CC(=O)Nc1ccc(F)c(C(=O)NC2CCCc3cc(N)ccc32)c1. The topological polar surface area (TPSA) is 84.2 Å². The second kappa shape index (κ2) is 6.93. The highest BCUT2D eigenvalue weighted by atomic mass is 19.1. The van der Waals surface area contributed by atoms with Crippen LogP contribution in [0.25, 0.3) is 0 Å². The lowest BCUT2D eigenvalue weighted by atomic mass is 9.87. The summed E-state index contributed by atoms with van der Waals surface area (Å²) in [6.07, 6.45) is 2.63. The fraction of sp³-hybridized carbons (Fsp3) is 0.263. The van der Waals surface area contributed by atoms with E-state index in [9.17, 15) is 14.0 Å². The Morgan fingerprint density at radius 2 is 2.00 bits per heavy atom. The Balaban J connectivity index is 1.83. The molecule has 0 aromatic heterocycles. The van der Waals surface area contributed by atoms with Gasteiger partial charge in [0.1, 0.15) is 5.82 Å². The summed E-state index contributed by atoms with van der Waals surface area (Å²) in [5.74, 6) is -1.41. The molecule has 1 atom stereocenters. The fourth-order valence-corrected chi connectivity index (χ4v) is 3.20. The van der Waals surface area contributed by atoms with E-state index in [4.69, 9.17) is 5.73 Å². The highest BCUT2D eigenvalue weighted by Gasteiger charge is 2.23. The van der Waals surface area contributed by atoms with Crippen molar-refractivity contribution in [2.24, 2.45) is 0 Å². The van der Waals surface area contributed by atoms with Crippen LogP contribution in [0.3, 0.4) is 0 Å². The molecule has 0 saturated carbocycles. The molecule has 0 spiro atoms. The van der Waals surface area contributed by atoms with Crippen molar-refractivity contribution in [3.8, 4) is 0 Å². The number of hydrogen-bond acceptors (Lipinski definition) is 3. The third-order valence-electron chi connectivity index (χ3n) is 4.32. The lowest BCUT2D eigenvalue weighted by Crippen LogP contribution is -2.31. The molecule has 25 heavy (non-hydrogen) atoms. The molecule has 2 amide bonds. The first-order chi connectivity index (χ1) is 11.9. The first-order valence-corrected chi connectivity index (χ1v) is 8.20. The number of anilines is 2. The van der Waals surface area contributed by atoms with Crippen LogP contribution in [0.15, 0.2) is 36.4 Å². The average molecular weight is 341 g/mol. The molecule has 2 aromatic carbocycles. The van der Waals surface area contributed by atoms with E-state index in [0.717, 1.165) is 30.4 Å². The predicted octanol–water partition coefficient (Wildman–Crippen LogP) is 3.17. The molecular formula is C19H20FN3O2. The molecule has 4 N–H and O–H groups in total. The van der Waals surface area contributed by atoms with Crippen molar-refractivity contribution in [2.75, 3.05) is 11.1 Å². The third-order valence-corrected chi connectivity index (χ3v) is 4.32. The minimum absolute atomic E-state index is 0.0891. The number of amides is 2. The van der Waals surface area contributed by atoms with E-state index in [1.165, 1.54) is 25.1 Å². The number of aryl methyl sites for hydroxylation is 1. The van der Waals surface area contributed by atoms with Gasteiger partial charge in [-0.15, -0.1) is 0 Å². The second-order valence-electron chi connectivity index (χ2n) is 6.25. The first-order valence-electron chi connectivity index (χ1n) is 8.20. The number of carbonyl (C=O) groups is 2. The van der Waals surface area contributed by atoms with Gasteiger partial charge < -0.3 is 16.4 Å². The van der Waals surface area contributed by atoms with Crippen LogP contribution in [0.2, 0.25) is 0 Å². The smallest absolute Gasteiger partial charge is 0.254 e. The third kappa shape index (κ3) is 3.79. The van der Waals surface area contributed by atoms with Crippen molar-refractivity contribution in [3.63, 3.8) is 0 Å². The summed E-state index contributed by atoms with van der Waals surface area (Å²) in [4.78, 5) is 23.7. The van der Waals surface area contributed by atoms with Crippen molar-refractivity contribution >= 4 is 23.2 Å². The molecule has 3 rings (SSSR count). The van der Waals surface area contributed by atoms with E-state index in [1.54, 1.807) is 6.07 Å². The normalized spacial score (nSPS) is 16.0. The van der Waals surface area contributed by atoms with Gasteiger partial charge >= 0.3 is 0 Å². The van der Waals surface area contributed by atoms with Gasteiger partial charge in [-0.3, -0.25) is 9.59 Å². The quantitative estimate of drug-likeness (QED) is 0.750. The Kier molecular flexibility index (Phi) is 4.70. The van der Waals surface area contributed by atoms with E-state index in [-0.39, 0.29) is 17.5 Å². The number of nitrogens with two attached hydrogens (primary N) is 1. The molecule has 130 valence electrons. The van der Waals surface area contributed by atoms with Gasteiger partial charge in [-0.2, -0.15) is 0 Å². The molecule has 1 aliphatic rings. The van der Waals surface area contributed by atoms with Crippen LogP contribution in [-0.4, -0.2) is 11.8 Å². The van der Waals surface area contributed by atoms with Crippen LogP contribution in [0.1, 0.15) is 47.3 Å². The van der Waals surface area contributed by atoms with E-state index >= 15 is 0 Å². The Hall–Kier alpha value is -2.89. The Morgan fingerprint density at radius 3 is 2.76 bits per heavy atom. The molecule has 0 heterocycles. The average Bonchev–Trinajstić information content (AvgIpc) is 2.56. The van der Waals surface area contributed by atoms with Crippen molar-refractivity contribution in [2.45, 2.75) is 32.2 Å². The van der Waals surface area contributed by atoms with Crippen LogP contribution in [0.4, 0.5) is 15.8 Å². The zero-order valence-corrected chi connectivity index (χ0v) is 13.9. The van der Waals surface area contributed by atoms with Crippen LogP contribution in [0.5, 0.6) is 0 Å². The van der Waals surface area contributed by atoms with Gasteiger partial charge in [-0.05, 0) is 60.7 Å². The van der Waals surface area contributed by atoms with Crippen molar-refractivity contribution < 1.29 is 14.0 Å². The molecule has 0 fully saturated rings. The lowest BCUT2D eigenvalue weighted by Gasteiger charge is -2.27. The number of fused-ring (bicyclic) bond motifs is 1.